The summed E-state index contributed by atoms with van der Waals surface area (Å²) in [6, 6.07) is 1.99. The average molecular weight is 238 g/mol. The highest BCUT2D eigenvalue weighted by molar-refractivity contribution is 5.64. The Morgan fingerprint density at radius 2 is 2.29 bits per heavy atom. The molecule has 88 valence electrons. The van der Waals surface area contributed by atoms with Gasteiger partial charge in [-0.25, -0.2) is 9.37 Å². The van der Waals surface area contributed by atoms with E-state index in [4.69, 9.17) is 9.15 Å². The smallest absolute Gasteiger partial charge is 0.313 e. The summed E-state index contributed by atoms with van der Waals surface area (Å²) < 4.78 is 23.4. The molecule has 2 aromatic rings. The van der Waals surface area contributed by atoms with Gasteiger partial charge in [-0.05, 0) is 0 Å². The van der Waals surface area contributed by atoms with Crippen molar-refractivity contribution in [2.24, 2.45) is 0 Å². The second-order valence-corrected chi connectivity index (χ2v) is 3.13. The molecule has 0 fully saturated rings. The maximum absolute atomic E-state index is 13.6. The molecule has 0 aliphatic carbocycles. The zero-order valence-electron chi connectivity index (χ0n) is 8.71. The lowest BCUT2D eigenvalue weighted by Gasteiger charge is -2.04. The first kappa shape index (κ1) is 11.1. The minimum Gasteiger partial charge on any atom is -0.490 e. The van der Waals surface area contributed by atoms with Gasteiger partial charge in [0.25, 0.3) is 0 Å². The minimum absolute atomic E-state index is 0.0391. The lowest BCUT2D eigenvalue weighted by molar-refractivity contribution is -0.385. The molecular weight excluding hydrogens is 231 g/mol. The quantitative estimate of drug-likeness (QED) is 0.606. The van der Waals surface area contributed by atoms with Crippen molar-refractivity contribution in [2.45, 2.75) is 0 Å². The summed E-state index contributed by atoms with van der Waals surface area (Å²) in [7, 11) is 1.27. The number of hydrogen-bond donors (Lipinski definition) is 0. The highest BCUT2D eigenvalue weighted by atomic mass is 19.1. The molecule has 2 rings (SSSR count). The fraction of sp³-hybridized carbons (Fsp3) is 0.100. The van der Waals surface area contributed by atoms with E-state index in [2.05, 4.69) is 4.98 Å². The zero-order valence-corrected chi connectivity index (χ0v) is 8.71. The number of halogens is 1. The molecule has 0 atom stereocenters. The monoisotopic (exact) mass is 238 g/mol. The standard InChI is InChI=1S/C10H7FN2O4/c1-16-9-2-6(10-4-12-5-17-10)7(11)3-8(9)13(14)15/h2-5H,1H3. The van der Waals surface area contributed by atoms with Crippen LogP contribution in [0.2, 0.25) is 0 Å². The summed E-state index contributed by atoms with van der Waals surface area (Å²) in [6.45, 7) is 0. The molecule has 0 N–H and O–H groups in total. The first-order valence-corrected chi connectivity index (χ1v) is 4.54. The van der Waals surface area contributed by atoms with E-state index in [9.17, 15) is 14.5 Å². The molecular formula is C10H7FN2O4. The Hall–Kier alpha value is -2.44. The first-order valence-electron chi connectivity index (χ1n) is 4.54. The molecule has 0 amide bonds. The van der Waals surface area contributed by atoms with Gasteiger partial charge in [-0.1, -0.05) is 0 Å². The molecule has 1 heterocycles. The van der Waals surface area contributed by atoms with Crippen molar-refractivity contribution in [1.29, 1.82) is 0 Å². The Morgan fingerprint density at radius 1 is 1.53 bits per heavy atom. The van der Waals surface area contributed by atoms with Crippen LogP contribution in [-0.4, -0.2) is 17.0 Å². The van der Waals surface area contributed by atoms with Crippen LogP contribution in [0.25, 0.3) is 11.3 Å². The van der Waals surface area contributed by atoms with E-state index in [1.165, 1.54) is 19.4 Å². The predicted octanol–water partition coefficient (Wildman–Crippen LogP) is 2.40. The molecule has 0 unspecified atom stereocenters. The molecule has 0 saturated heterocycles. The van der Waals surface area contributed by atoms with E-state index in [1.54, 1.807) is 0 Å². The molecule has 17 heavy (non-hydrogen) atoms. The fourth-order valence-electron chi connectivity index (χ4n) is 1.39. The van der Waals surface area contributed by atoms with E-state index < -0.39 is 16.4 Å². The molecule has 0 spiro atoms. The summed E-state index contributed by atoms with van der Waals surface area (Å²) in [6.07, 6.45) is 2.45. The van der Waals surface area contributed by atoms with Crippen molar-refractivity contribution in [1.82, 2.24) is 4.98 Å². The van der Waals surface area contributed by atoms with Crippen LogP contribution in [0, 0.1) is 15.9 Å². The predicted molar refractivity (Wildman–Crippen MR) is 55.1 cm³/mol. The molecule has 1 aromatic carbocycles. The number of oxazole rings is 1. The van der Waals surface area contributed by atoms with Crippen LogP contribution >= 0.6 is 0 Å². The van der Waals surface area contributed by atoms with Crippen LogP contribution in [0.4, 0.5) is 10.1 Å². The van der Waals surface area contributed by atoms with Crippen LogP contribution in [0.1, 0.15) is 0 Å². The van der Waals surface area contributed by atoms with E-state index in [1.807, 2.05) is 0 Å². The number of methoxy groups -OCH3 is 1. The number of nitro benzene ring substituents is 1. The molecule has 1 aromatic heterocycles. The van der Waals surface area contributed by atoms with Gasteiger partial charge in [0.15, 0.2) is 17.9 Å². The topological polar surface area (TPSA) is 78.4 Å². The summed E-state index contributed by atoms with van der Waals surface area (Å²) >= 11 is 0. The molecule has 0 saturated carbocycles. The number of nitrogens with zero attached hydrogens (tertiary/aromatic N) is 2. The van der Waals surface area contributed by atoms with Crippen LogP contribution in [0.3, 0.4) is 0 Å². The lowest BCUT2D eigenvalue weighted by Crippen LogP contribution is -1.96. The van der Waals surface area contributed by atoms with Crippen molar-refractivity contribution in [3.8, 4) is 17.1 Å². The van der Waals surface area contributed by atoms with Crippen LogP contribution < -0.4 is 4.74 Å². The van der Waals surface area contributed by atoms with Gasteiger partial charge in [0.1, 0.15) is 5.82 Å². The van der Waals surface area contributed by atoms with Gasteiger partial charge >= 0.3 is 5.69 Å². The van der Waals surface area contributed by atoms with Crippen molar-refractivity contribution < 1.29 is 18.5 Å². The van der Waals surface area contributed by atoms with Crippen molar-refractivity contribution in [3.63, 3.8) is 0 Å². The third-order valence-corrected chi connectivity index (χ3v) is 2.16. The number of hydrogen-bond acceptors (Lipinski definition) is 5. The number of benzene rings is 1. The Bertz CT molecular complexity index is 554. The molecule has 0 aliphatic rings. The lowest BCUT2D eigenvalue weighted by atomic mass is 10.1. The average Bonchev–Trinajstić information content (AvgIpc) is 2.82. The van der Waals surface area contributed by atoms with Gasteiger partial charge in [-0.3, -0.25) is 10.1 Å². The third-order valence-electron chi connectivity index (χ3n) is 2.16. The Morgan fingerprint density at radius 3 is 2.82 bits per heavy atom. The zero-order chi connectivity index (χ0) is 12.4. The number of aromatic nitrogens is 1. The second-order valence-electron chi connectivity index (χ2n) is 3.13. The van der Waals surface area contributed by atoms with Gasteiger partial charge in [-0.2, -0.15) is 0 Å². The number of ether oxygens (including phenoxy) is 1. The summed E-state index contributed by atoms with van der Waals surface area (Å²) in [4.78, 5) is 13.6. The Balaban J connectivity index is 2.60. The number of rotatable bonds is 3. The summed E-state index contributed by atoms with van der Waals surface area (Å²) in [5.41, 5.74) is -0.377. The maximum atomic E-state index is 13.6. The largest absolute Gasteiger partial charge is 0.490 e. The van der Waals surface area contributed by atoms with Gasteiger partial charge < -0.3 is 9.15 Å². The van der Waals surface area contributed by atoms with Crippen molar-refractivity contribution in [2.75, 3.05) is 7.11 Å². The summed E-state index contributed by atoms with van der Waals surface area (Å²) in [5.74, 6) is -0.632. The van der Waals surface area contributed by atoms with Crippen LogP contribution in [0.5, 0.6) is 5.75 Å². The van der Waals surface area contributed by atoms with Crippen LogP contribution in [0.15, 0.2) is 29.1 Å². The normalized spacial score (nSPS) is 10.2. The Kier molecular flexibility index (Phi) is 2.73. The van der Waals surface area contributed by atoms with Gasteiger partial charge in [-0.15, -0.1) is 0 Å². The van der Waals surface area contributed by atoms with Crippen molar-refractivity contribution >= 4 is 5.69 Å². The SMILES string of the molecule is COc1cc(-c2cnco2)c(F)cc1[N+](=O)[O-]. The third kappa shape index (κ3) is 1.94. The summed E-state index contributed by atoms with van der Waals surface area (Å²) in [5, 5.41) is 10.7. The van der Waals surface area contributed by atoms with E-state index >= 15 is 0 Å². The maximum Gasteiger partial charge on any atom is 0.313 e. The fourth-order valence-corrected chi connectivity index (χ4v) is 1.39. The van der Waals surface area contributed by atoms with E-state index in [0.717, 1.165) is 12.5 Å². The van der Waals surface area contributed by atoms with Gasteiger partial charge in [0.2, 0.25) is 0 Å². The van der Waals surface area contributed by atoms with Gasteiger partial charge in [0.05, 0.1) is 29.9 Å². The Labute approximate surface area is 94.8 Å². The van der Waals surface area contributed by atoms with Gasteiger partial charge in [0, 0.05) is 6.07 Å². The van der Waals surface area contributed by atoms with Crippen LogP contribution in [-0.2, 0) is 0 Å². The van der Waals surface area contributed by atoms with Crippen molar-refractivity contribution in [3.05, 3.63) is 40.7 Å². The second kappa shape index (κ2) is 4.20. The minimum atomic E-state index is -0.769. The first-order chi connectivity index (χ1) is 8.13. The molecule has 7 heteroatoms. The molecule has 0 bridgehead atoms. The molecule has 0 aliphatic heterocycles. The highest BCUT2D eigenvalue weighted by Crippen LogP contribution is 2.34. The molecule has 6 nitrogen and oxygen atoms in total. The highest BCUT2D eigenvalue weighted by Gasteiger charge is 2.21. The molecule has 0 radical (unpaired) electrons. The van der Waals surface area contributed by atoms with E-state index in [0.29, 0.717) is 0 Å². The van der Waals surface area contributed by atoms with E-state index in [-0.39, 0.29) is 17.1 Å². The number of nitro groups is 1.